The fraction of sp³-hybridized carbons (Fsp3) is 0.471. The zero-order valence-electron chi connectivity index (χ0n) is 12.1. The summed E-state index contributed by atoms with van der Waals surface area (Å²) in [5.74, 6) is 0. The van der Waals surface area contributed by atoms with E-state index < -0.39 is 0 Å². The highest BCUT2D eigenvalue weighted by molar-refractivity contribution is 6.32. The lowest BCUT2D eigenvalue weighted by atomic mass is 9.98. The largest absolute Gasteiger partial charge is 0.396 e. The van der Waals surface area contributed by atoms with Crippen LogP contribution < -0.4 is 0 Å². The summed E-state index contributed by atoms with van der Waals surface area (Å²) < 4.78 is 0. The Bertz CT molecular complexity index is 615. The molecule has 2 heterocycles. The number of halogens is 1. The molecule has 0 radical (unpaired) electrons. The predicted molar refractivity (Wildman–Crippen MR) is 86.5 cm³/mol. The van der Waals surface area contributed by atoms with E-state index >= 15 is 0 Å². The topological polar surface area (TPSA) is 36.4 Å². The standard InChI is InChI=1S/C17H21ClN2O/c18-16-7-6-13-4-3-9-19-17(13)15(16)12-20-10-2-1-5-14(20)8-11-21/h3-4,6-7,9,14,21H,1-2,5,8,10-12H2. The monoisotopic (exact) mass is 304 g/mol. The molecule has 1 fully saturated rings. The number of aromatic nitrogens is 1. The molecule has 3 nitrogen and oxygen atoms in total. The number of pyridine rings is 1. The third-order valence-electron chi connectivity index (χ3n) is 4.39. The third-order valence-corrected chi connectivity index (χ3v) is 4.75. The lowest BCUT2D eigenvalue weighted by Crippen LogP contribution is -2.39. The van der Waals surface area contributed by atoms with Gasteiger partial charge in [-0.1, -0.05) is 30.2 Å². The molecule has 1 unspecified atom stereocenters. The van der Waals surface area contributed by atoms with Crippen LogP contribution in [-0.2, 0) is 6.54 Å². The van der Waals surface area contributed by atoms with Gasteiger partial charge >= 0.3 is 0 Å². The van der Waals surface area contributed by atoms with E-state index in [2.05, 4.69) is 16.0 Å². The number of hydrogen-bond donors (Lipinski definition) is 1. The van der Waals surface area contributed by atoms with Crippen molar-refractivity contribution in [3.8, 4) is 0 Å². The van der Waals surface area contributed by atoms with Crippen molar-refractivity contribution in [2.45, 2.75) is 38.3 Å². The van der Waals surface area contributed by atoms with Crippen LogP contribution in [0.5, 0.6) is 0 Å². The normalized spacial score (nSPS) is 20.0. The molecule has 4 heteroatoms. The van der Waals surface area contributed by atoms with Crippen molar-refractivity contribution in [1.29, 1.82) is 0 Å². The molecule has 3 rings (SSSR count). The van der Waals surface area contributed by atoms with Crippen molar-refractivity contribution in [2.24, 2.45) is 0 Å². The summed E-state index contributed by atoms with van der Waals surface area (Å²) in [5, 5.41) is 11.2. The maximum absolute atomic E-state index is 9.26. The Morgan fingerprint density at radius 3 is 3.05 bits per heavy atom. The average molecular weight is 305 g/mol. The molecule has 0 amide bonds. The molecular weight excluding hydrogens is 284 g/mol. The summed E-state index contributed by atoms with van der Waals surface area (Å²) in [6, 6.07) is 8.47. The Balaban J connectivity index is 1.91. The zero-order valence-corrected chi connectivity index (χ0v) is 12.9. The Labute approximate surface area is 130 Å². The van der Waals surface area contributed by atoms with Crippen LogP contribution >= 0.6 is 11.6 Å². The van der Waals surface area contributed by atoms with Gasteiger partial charge in [0.1, 0.15) is 0 Å². The highest BCUT2D eigenvalue weighted by Crippen LogP contribution is 2.29. The molecule has 0 aliphatic carbocycles. The fourth-order valence-electron chi connectivity index (χ4n) is 3.28. The zero-order chi connectivity index (χ0) is 14.7. The lowest BCUT2D eigenvalue weighted by molar-refractivity contribution is 0.113. The van der Waals surface area contributed by atoms with Crippen molar-refractivity contribution in [2.75, 3.05) is 13.2 Å². The van der Waals surface area contributed by atoms with E-state index in [0.29, 0.717) is 6.04 Å². The minimum absolute atomic E-state index is 0.253. The molecule has 21 heavy (non-hydrogen) atoms. The first-order valence-electron chi connectivity index (χ1n) is 7.66. The minimum Gasteiger partial charge on any atom is -0.396 e. The van der Waals surface area contributed by atoms with Gasteiger partial charge in [-0.15, -0.1) is 0 Å². The van der Waals surface area contributed by atoms with E-state index in [-0.39, 0.29) is 6.61 Å². The Morgan fingerprint density at radius 2 is 2.19 bits per heavy atom. The van der Waals surface area contributed by atoms with Crippen LogP contribution in [0.3, 0.4) is 0 Å². The first-order chi connectivity index (χ1) is 10.3. The van der Waals surface area contributed by atoms with Crippen LogP contribution in [0.1, 0.15) is 31.2 Å². The molecule has 1 aromatic carbocycles. The van der Waals surface area contributed by atoms with Gasteiger partial charge in [-0.05, 0) is 37.9 Å². The molecule has 0 saturated carbocycles. The molecule has 1 aliphatic rings. The molecule has 0 spiro atoms. The second-order valence-corrected chi connectivity index (χ2v) is 6.14. The van der Waals surface area contributed by atoms with Crippen molar-refractivity contribution >= 4 is 22.5 Å². The van der Waals surface area contributed by atoms with Crippen LogP contribution in [0.4, 0.5) is 0 Å². The van der Waals surface area contributed by atoms with Gasteiger partial charge in [-0.3, -0.25) is 9.88 Å². The van der Waals surface area contributed by atoms with E-state index in [0.717, 1.165) is 47.4 Å². The summed E-state index contributed by atoms with van der Waals surface area (Å²) in [6.07, 6.45) is 6.30. The number of aliphatic hydroxyl groups excluding tert-OH is 1. The second-order valence-electron chi connectivity index (χ2n) is 5.73. The van der Waals surface area contributed by atoms with Gasteiger partial charge in [-0.2, -0.15) is 0 Å². The van der Waals surface area contributed by atoms with Gasteiger partial charge in [0.25, 0.3) is 0 Å². The number of likely N-dealkylation sites (tertiary alicyclic amines) is 1. The summed E-state index contributed by atoms with van der Waals surface area (Å²) in [4.78, 5) is 6.97. The summed E-state index contributed by atoms with van der Waals surface area (Å²) in [7, 11) is 0. The number of rotatable bonds is 4. The SMILES string of the molecule is OCCC1CCCCN1Cc1c(Cl)ccc2cccnc12. The maximum Gasteiger partial charge on any atom is 0.0761 e. The summed E-state index contributed by atoms with van der Waals surface area (Å²) in [6.45, 7) is 2.14. The number of benzene rings is 1. The van der Waals surface area contributed by atoms with E-state index in [1.807, 2.05) is 24.4 Å². The number of hydrogen-bond acceptors (Lipinski definition) is 3. The molecule has 1 aromatic heterocycles. The van der Waals surface area contributed by atoms with Crippen LogP contribution in [0.15, 0.2) is 30.5 Å². The fourth-order valence-corrected chi connectivity index (χ4v) is 3.49. The molecule has 1 saturated heterocycles. The van der Waals surface area contributed by atoms with Crippen molar-refractivity contribution < 1.29 is 5.11 Å². The van der Waals surface area contributed by atoms with E-state index in [4.69, 9.17) is 11.6 Å². The van der Waals surface area contributed by atoms with Gasteiger partial charge in [0.2, 0.25) is 0 Å². The van der Waals surface area contributed by atoms with E-state index in [9.17, 15) is 5.11 Å². The van der Waals surface area contributed by atoms with Gasteiger partial charge in [0.15, 0.2) is 0 Å². The van der Waals surface area contributed by atoms with Gasteiger partial charge in [0, 0.05) is 41.4 Å². The van der Waals surface area contributed by atoms with E-state index in [1.165, 1.54) is 12.8 Å². The van der Waals surface area contributed by atoms with Crippen molar-refractivity contribution in [3.05, 3.63) is 41.0 Å². The van der Waals surface area contributed by atoms with Crippen molar-refractivity contribution in [1.82, 2.24) is 9.88 Å². The van der Waals surface area contributed by atoms with Crippen LogP contribution in [0.25, 0.3) is 10.9 Å². The number of aliphatic hydroxyl groups is 1. The smallest absolute Gasteiger partial charge is 0.0761 e. The quantitative estimate of drug-likeness (QED) is 0.937. The molecule has 1 aliphatic heterocycles. The Morgan fingerprint density at radius 1 is 1.29 bits per heavy atom. The van der Waals surface area contributed by atoms with Crippen LogP contribution in [0.2, 0.25) is 5.02 Å². The first kappa shape index (κ1) is 14.8. The van der Waals surface area contributed by atoms with E-state index in [1.54, 1.807) is 0 Å². The van der Waals surface area contributed by atoms with Crippen LogP contribution in [0, 0.1) is 0 Å². The molecule has 0 bridgehead atoms. The number of piperidine rings is 1. The van der Waals surface area contributed by atoms with Gasteiger partial charge in [0.05, 0.1) is 5.52 Å². The molecule has 1 atom stereocenters. The number of fused-ring (bicyclic) bond motifs is 1. The number of nitrogens with zero attached hydrogens (tertiary/aromatic N) is 2. The summed E-state index contributed by atoms with van der Waals surface area (Å²) in [5.41, 5.74) is 2.11. The maximum atomic E-state index is 9.26. The molecule has 2 aromatic rings. The first-order valence-corrected chi connectivity index (χ1v) is 8.04. The third kappa shape index (κ3) is 3.20. The minimum atomic E-state index is 0.253. The Kier molecular flexibility index (Phi) is 4.73. The average Bonchev–Trinajstić information content (AvgIpc) is 2.52. The second kappa shape index (κ2) is 6.73. The summed E-state index contributed by atoms with van der Waals surface area (Å²) >= 11 is 6.43. The lowest BCUT2D eigenvalue weighted by Gasteiger charge is -2.35. The van der Waals surface area contributed by atoms with Crippen molar-refractivity contribution in [3.63, 3.8) is 0 Å². The Hall–Kier alpha value is -1.16. The molecule has 112 valence electrons. The van der Waals surface area contributed by atoms with Gasteiger partial charge in [-0.25, -0.2) is 0 Å². The molecular formula is C17H21ClN2O. The predicted octanol–water partition coefficient (Wildman–Crippen LogP) is 3.63. The highest BCUT2D eigenvalue weighted by Gasteiger charge is 2.23. The molecule has 1 N–H and O–H groups in total. The van der Waals surface area contributed by atoms with Gasteiger partial charge < -0.3 is 5.11 Å². The van der Waals surface area contributed by atoms with Crippen LogP contribution in [-0.4, -0.2) is 34.2 Å². The highest BCUT2D eigenvalue weighted by atomic mass is 35.5.